The predicted octanol–water partition coefficient (Wildman–Crippen LogP) is 1.71. The SMILES string of the molecule is CCC1CN(C)CCCN1C(=O)N(CC)C(C)CC(=O)O. The second-order valence-corrected chi connectivity index (χ2v) is 5.89. The lowest BCUT2D eigenvalue weighted by atomic mass is 10.1. The Morgan fingerprint density at radius 2 is 2.00 bits per heavy atom. The van der Waals surface area contributed by atoms with Gasteiger partial charge in [0.25, 0.3) is 0 Å². The minimum atomic E-state index is -0.864. The monoisotopic (exact) mass is 299 g/mol. The van der Waals surface area contributed by atoms with Gasteiger partial charge in [-0.15, -0.1) is 0 Å². The Balaban J connectivity index is 2.83. The van der Waals surface area contributed by atoms with Gasteiger partial charge in [0.05, 0.1) is 6.42 Å². The second kappa shape index (κ2) is 8.22. The van der Waals surface area contributed by atoms with Crippen LogP contribution in [0.25, 0.3) is 0 Å². The molecule has 0 bridgehead atoms. The van der Waals surface area contributed by atoms with Crippen molar-refractivity contribution in [1.29, 1.82) is 0 Å². The molecule has 0 aromatic heterocycles. The van der Waals surface area contributed by atoms with Crippen LogP contribution in [0.4, 0.5) is 4.79 Å². The first-order valence-electron chi connectivity index (χ1n) is 7.88. The molecule has 0 spiro atoms. The normalized spacial score (nSPS) is 21.7. The highest BCUT2D eigenvalue weighted by Gasteiger charge is 2.31. The lowest BCUT2D eigenvalue weighted by Gasteiger charge is -2.37. The molecule has 2 unspecified atom stereocenters. The first-order valence-corrected chi connectivity index (χ1v) is 7.88. The van der Waals surface area contributed by atoms with E-state index in [1.807, 2.05) is 11.8 Å². The molecular formula is C15H29N3O3. The quantitative estimate of drug-likeness (QED) is 0.839. The van der Waals surface area contributed by atoms with Crippen molar-refractivity contribution >= 4 is 12.0 Å². The summed E-state index contributed by atoms with van der Waals surface area (Å²) in [5.41, 5.74) is 0. The summed E-state index contributed by atoms with van der Waals surface area (Å²) < 4.78 is 0. The summed E-state index contributed by atoms with van der Waals surface area (Å²) in [5.74, 6) is -0.864. The molecule has 1 N–H and O–H groups in total. The molecule has 6 nitrogen and oxygen atoms in total. The van der Waals surface area contributed by atoms with Crippen molar-refractivity contribution in [2.45, 2.75) is 52.1 Å². The van der Waals surface area contributed by atoms with Gasteiger partial charge >= 0.3 is 12.0 Å². The molecule has 0 aromatic carbocycles. The average molecular weight is 299 g/mol. The molecule has 122 valence electrons. The zero-order valence-corrected chi connectivity index (χ0v) is 13.7. The number of carbonyl (C=O) groups is 2. The van der Waals surface area contributed by atoms with E-state index in [9.17, 15) is 9.59 Å². The standard InChI is InChI=1S/C15H29N3O3/c1-5-13-11-16(4)8-7-9-18(13)15(21)17(6-2)12(3)10-14(19)20/h12-13H,5-11H2,1-4H3,(H,19,20). The Morgan fingerprint density at radius 3 is 2.52 bits per heavy atom. The summed E-state index contributed by atoms with van der Waals surface area (Å²) in [6.07, 6.45) is 1.87. The first kappa shape index (κ1) is 17.8. The fourth-order valence-electron chi connectivity index (χ4n) is 3.01. The van der Waals surface area contributed by atoms with Crippen LogP contribution in [-0.4, -0.2) is 77.1 Å². The number of carboxylic acid groups (broad SMARTS) is 1. The van der Waals surface area contributed by atoms with Gasteiger partial charge in [0.2, 0.25) is 0 Å². The average Bonchev–Trinajstić information content (AvgIpc) is 2.59. The number of nitrogens with zero attached hydrogens (tertiary/aromatic N) is 3. The van der Waals surface area contributed by atoms with E-state index in [4.69, 9.17) is 5.11 Å². The van der Waals surface area contributed by atoms with Crippen LogP contribution < -0.4 is 0 Å². The lowest BCUT2D eigenvalue weighted by molar-refractivity contribution is -0.138. The molecule has 1 fully saturated rings. The van der Waals surface area contributed by atoms with E-state index in [1.54, 1.807) is 11.8 Å². The summed E-state index contributed by atoms with van der Waals surface area (Å²) in [7, 11) is 2.08. The molecule has 0 aliphatic carbocycles. The number of hydrogen-bond acceptors (Lipinski definition) is 3. The molecule has 2 amide bonds. The third-order valence-corrected chi connectivity index (χ3v) is 4.21. The highest BCUT2D eigenvalue weighted by atomic mass is 16.4. The highest BCUT2D eigenvalue weighted by Crippen LogP contribution is 2.16. The Morgan fingerprint density at radius 1 is 1.33 bits per heavy atom. The molecule has 21 heavy (non-hydrogen) atoms. The van der Waals surface area contributed by atoms with Crippen molar-refractivity contribution in [3.05, 3.63) is 0 Å². The van der Waals surface area contributed by atoms with Crippen LogP contribution >= 0.6 is 0 Å². The molecule has 0 saturated carbocycles. The van der Waals surface area contributed by atoms with E-state index in [-0.39, 0.29) is 24.5 Å². The van der Waals surface area contributed by atoms with Gasteiger partial charge in [-0.3, -0.25) is 4.79 Å². The highest BCUT2D eigenvalue weighted by molar-refractivity contribution is 5.76. The van der Waals surface area contributed by atoms with Gasteiger partial charge in [0, 0.05) is 31.7 Å². The van der Waals surface area contributed by atoms with Gasteiger partial charge in [0.1, 0.15) is 0 Å². The van der Waals surface area contributed by atoms with Crippen molar-refractivity contribution in [3.8, 4) is 0 Å². The number of urea groups is 1. The third kappa shape index (κ3) is 4.88. The Kier molecular flexibility index (Phi) is 6.95. The second-order valence-electron chi connectivity index (χ2n) is 5.89. The molecule has 1 aliphatic rings. The summed E-state index contributed by atoms with van der Waals surface area (Å²) in [4.78, 5) is 29.6. The van der Waals surface area contributed by atoms with E-state index in [0.717, 1.165) is 32.5 Å². The van der Waals surface area contributed by atoms with E-state index >= 15 is 0 Å². The van der Waals surface area contributed by atoms with Crippen LogP contribution in [0.15, 0.2) is 0 Å². The van der Waals surface area contributed by atoms with Crippen LogP contribution in [0, 0.1) is 0 Å². The van der Waals surface area contributed by atoms with Crippen LogP contribution in [0.3, 0.4) is 0 Å². The van der Waals surface area contributed by atoms with Gasteiger partial charge < -0.3 is 19.8 Å². The molecule has 2 atom stereocenters. The maximum atomic E-state index is 12.8. The summed E-state index contributed by atoms with van der Waals surface area (Å²) in [5, 5.41) is 8.94. The number of aliphatic carboxylic acids is 1. The molecule has 6 heteroatoms. The summed E-state index contributed by atoms with van der Waals surface area (Å²) in [6, 6.07) is -0.0945. The predicted molar refractivity (Wildman–Crippen MR) is 82.4 cm³/mol. The summed E-state index contributed by atoms with van der Waals surface area (Å²) in [6.45, 7) is 8.97. The molecule has 1 heterocycles. The minimum absolute atomic E-state index is 0.00981. The van der Waals surface area contributed by atoms with Gasteiger partial charge in [-0.05, 0) is 40.3 Å². The Bertz CT molecular complexity index is 362. The van der Waals surface area contributed by atoms with Gasteiger partial charge in [0.15, 0.2) is 0 Å². The Hall–Kier alpha value is -1.30. The van der Waals surface area contributed by atoms with Crippen molar-refractivity contribution in [3.63, 3.8) is 0 Å². The molecule has 1 rings (SSSR count). The van der Waals surface area contributed by atoms with E-state index in [0.29, 0.717) is 6.54 Å². The number of carboxylic acids is 1. The number of amides is 2. The fraction of sp³-hybridized carbons (Fsp3) is 0.867. The first-order chi connectivity index (χ1) is 9.90. The van der Waals surface area contributed by atoms with Gasteiger partial charge in [-0.1, -0.05) is 6.92 Å². The van der Waals surface area contributed by atoms with Crippen molar-refractivity contribution < 1.29 is 14.7 Å². The summed E-state index contributed by atoms with van der Waals surface area (Å²) >= 11 is 0. The van der Waals surface area contributed by atoms with Crippen molar-refractivity contribution in [1.82, 2.24) is 14.7 Å². The fourth-order valence-corrected chi connectivity index (χ4v) is 3.01. The molecule has 1 aliphatic heterocycles. The van der Waals surface area contributed by atoms with Crippen LogP contribution in [-0.2, 0) is 4.79 Å². The van der Waals surface area contributed by atoms with E-state index in [2.05, 4.69) is 18.9 Å². The van der Waals surface area contributed by atoms with E-state index < -0.39 is 5.97 Å². The zero-order valence-electron chi connectivity index (χ0n) is 13.7. The molecule has 0 radical (unpaired) electrons. The maximum Gasteiger partial charge on any atom is 0.320 e. The number of rotatable bonds is 5. The van der Waals surface area contributed by atoms with Crippen LogP contribution in [0.5, 0.6) is 0 Å². The molecule has 0 aromatic rings. The number of likely N-dealkylation sites (N-methyl/N-ethyl adjacent to an activating group) is 1. The topological polar surface area (TPSA) is 64.1 Å². The van der Waals surface area contributed by atoms with Crippen LogP contribution in [0.1, 0.15) is 40.0 Å². The minimum Gasteiger partial charge on any atom is -0.481 e. The largest absolute Gasteiger partial charge is 0.481 e. The molecule has 1 saturated heterocycles. The smallest absolute Gasteiger partial charge is 0.320 e. The lowest BCUT2D eigenvalue weighted by Crippen LogP contribution is -2.52. The maximum absolute atomic E-state index is 12.8. The van der Waals surface area contributed by atoms with Gasteiger partial charge in [-0.2, -0.15) is 0 Å². The van der Waals surface area contributed by atoms with Gasteiger partial charge in [-0.25, -0.2) is 4.79 Å². The number of carbonyl (C=O) groups excluding carboxylic acids is 1. The van der Waals surface area contributed by atoms with Crippen LogP contribution in [0.2, 0.25) is 0 Å². The molecular weight excluding hydrogens is 270 g/mol. The third-order valence-electron chi connectivity index (χ3n) is 4.21. The van der Waals surface area contributed by atoms with E-state index in [1.165, 1.54) is 0 Å². The zero-order chi connectivity index (χ0) is 16.0. The van der Waals surface area contributed by atoms with Crippen molar-refractivity contribution in [2.75, 3.05) is 33.2 Å². The Labute approximate surface area is 127 Å². The number of hydrogen-bond donors (Lipinski definition) is 1. The van der Waals surface area contributed by atoms with Crippen molar-refractivity contribution in [2.24, 2.45) is 0 Å².